The number of carbonyl (C=O) groups is 1. The van der Waals surface area contributed by atoms with E-state index in [2.05, 4.69) is 20.4 Å². The lowest BCUT2D eigenvalue weighted by atomic mass is 9.94. The Bertz CT molecular complexity index is 659. The highest BCUT2D eigenvalue weighted by molar-refractivity contribution is 5.96. The van der Waals surface area contributed by atoms with Gasteiger partial charge in [0.15, 0.2) is 5.78 Å². The summed E-state index contributed by atoms with van der Waals surface area (Å²) in [5, 5.41) is 7.32. The molecule has 0 unspecified atom stereocenters. The van der Waals surface area contributed by atoms with Gasteiger partial charge in [-0.15, -0.1) is 0 Å². The predicted octanol–water partition coefficient (Wildman–Crippen LogP) is 1.55. The van der Waals surface area contributed by atoms with Crippen LogP contribution in [0.2, 0.25) is 0 Å². The largest absolute Gasteiger partial charge is 0.328 e. The van der Waals surface area contributed by atoms with Crippen molar-refractivity contribution in [2.45, 2.75) is 19.9 Å². The van der Waals surface area contributed by atoms with Crippen molar-refractivity contribution < 1.29 is 4.79 Å². The zero-order valence-corrected chi connectivity index (χ0v) is 10.7. The molecule has 3 heterocycles. The number of anilines is 1. The Morgan fingerprint density at radius 1 is 1.37 bits per heavy atom. The highest BCUT2D eigenvalue weighted by Crippen LogP contribution is 2.34. The number of ketones is 1. The Kier molecular flexibility index (Phi) is 2.63. The molecule has 6 nitrogen and oxygen atoms in total. The van der Waals surface area contributed by atoms with E-state index < -0.39 is 0 Å². The number of allylic oxidation sites excluding steroid dienone is 2. The number of nitrogens with one attached hydrogen (secondary N) is 1. The van der Waals surface area contributed by atoms with E-state index in [4.69, 9.17) is 0 Å². The maximum absolute atomic E-state index is 11.9. The normalized spacial score (nSPS) is 17.9. The minimum atomic E-state index is -0.251. The van der Waals surface area contributed by atoms with Crippen LogP contribution in [0.25, 0.3) is 0 Å². The first kappa shape index (κ1) is 11.6. The summed E-state index contributed by atoms with van der Waals surface area (Å²) in [4.78, 5) is 20.1. The Hall–Kier alpha value is -2.50. The molecule has 2 aromatic heterocycles. The third-order valence-electron chi connectivity index (χ3n) is 3.20. The lowest BCUT2D eigenvalue weighted by Crippen LogP contribution is -2.27. The number of hydrogen-bond donors (Lipinski definition) is 1. The number of nitrogens with zero attached hydrogens (tertiary/aromatic N) is 4. The average Bonchev–Trinajstić information content (AvgIpc) is 2.85. The van der Waals surface area contributed by atoms with Gasteiger partial charge < -0.3 is 5.32 Å². The fraction of sp³-hybridized carbons (Fsp3) is 0.231. The molecule has 0 saturated carbocycles. The second kappa shape index (κ2) is 4.31. The van der Waals surface area contributed by atoms with Crippen LogP contribution in [-0.2, 0) is 4.79 Å². The van der Waals surface area contributed by atoms with E-state index in [0.717, 1.165) is 11.3 Å². The molecule has 1 atom stereocenters. The molecule has 0 spiro atoms. The monoisotopic (exact) mass is 255 g/mol. The first-order valence-electron chi connectivity index (χ1n) is 5.96. The van der Waals surface area contributed by atoms with Crippen LogP contribution in [0.3, 0.4) is 0 Å². The summed E-state index contributed by atoms with van der Waals surface area (Å²) in [6.07, 6.45) is 4.90. The SMILES string of the molecule is CC(=O)C1=C(C)Nc2ncnn2[C@H]1c1ccncc1. The first-order valence-corrected chi connectivity index (χ1v) is 5.96. The molecule has 1 aliphatic rings. The molecule has 96 valence electrons. The molecule has 0 radical (unpaired) electrons. The third kappa shape index (κ3) is 1.81. The van der Waals surface area contributed by atoms with Gasteiger partial charge in [-0.1, -0.05) is 0 Å². The van der Waals surface area contributed by atoms with Crippen molar-refractivity contribution in [1.29, 1.82) is 0 Å². The van der Waals surface area contributed by atoms with Crippen molar-refractivity contribution in [1.82, 2.24) is 19.7 Å². The predicted molar refractivity (Wildman–Crippen MR) is 69.4 cm³/mol. The highest BCUT2D eigenvalue weighted by Gasteiger charge is 2.31. The van der Waals surface area contributed by atoms with Gasteiger partial charge in [-0.2, -0.15) is 10.1 Å². The molecule has 0 saturated heterocycles. The van der Waals surface area contributed by atoms with Crippen molar-refractivity contribution in [3.63, 3.8) is 0 Å². The molecule has 0 aliphatic carbocycles. The molecule has 0 bridgehead atoms. The molecule has 1 N–H and O–H groups in total. The zero-order chi connectivity index (χ0) is 13.4. The smallest absolute Gasteiger partial charge is 0.226 e. The Morgan fingerprint density at radius 2 is 2.11 bits per heavy atom. The number of carbonyl (C=O) groups excluding carboxylic acids is 1. The van der Waals surface area contributed by atoms with Crippen LogP contribution < -0.4 is 5.32 Å². The number of rotatable bonds is 2. The highest BCUT2D eigenvalue weighted by atomic mass is 16.1. The van der Waals surface area contributed by atoms with Crippen LogP contribution in [0.15, 0.2) is 42.1 Å². The zero-order valence-electron chi connectivity index (χ0n) is 10.7. The molecule has 0 aromatic carbocycles. The molecule has 0 fully saturated rings. The Balaban J connectivity index is 2.21. The van der Waals surface area contributed by atoms with Crippen LogP contribution in [0, 0.1) is 0 Å². The van der Waals surface area contributed by atoms with E-state index in [1.165, 1.54) is 6.33 Å². The molecule has 0 amide bonds. The van der Waals surface area contributed by atoms with E-state index in [9.17, 15) is 4.79 Å². The van der Waals surface area contributed by atoms with Crippen LogP contribution in [-0.4, -0.2) is 25.5 Å². The molecule has 19 heavy (non-hydrogen) atoms. The van der Waals surface area contributed by atoms with Gasteiger partial charge in [-0.25, -0.2) is 4.68 Å². The number of aromatic nitrogens is 4. The second-order valence-corrected chi connectivity index (χ2v) is 4.43. The molecular weight excluding hydrogens is 242 g/mol. The van der Waals surface area contributed by atoms with E-state index >= 15 is 0 Å². The molecule has 2 aromatic rings. The van der Waals surface area contributed by atoms with Gasteiger partial charge in [0.25, 0.3) is 0 Å². The van der Waals surface area contributed by atoms with Crippen molar-refractivity contribution >= 4 is 11.7 Å². The number of pyridine rings is 1. The van der Waals surface area contributed by atoms with Gasteiger partial charge in [-0.05, 0) is 31.5 Å². The fourth-order valence-corrected chi connectivity index (χ4v) is 2.40. The second-order valence-electron chi connectivity index (χ2n) is 4.43. The summed E-state index contributed by atoms with van der Waals surface area (Å²) < 4.78 is 1.72. The van der Waals surface area contributed by atoms with E-state index in [0.29, 0.717) is 11.5 Å². The minimum absolute atomic E-state index is 0.0213. The minimum Gasteiger partial charge on any atom is -0.328 e. The van der Waals surface area contributed by atoms with Gasteiger partial charge in [0.2, 0.25) is 5.95 Å². The summed E-state index contributed by atoms with van der Waals surface area (Å²) in [5.41, 5.74) is 2.48. The summed E-state index contributed by atoms with van der Waals surface area (Å²) in [5.74, 6) is 0.664. The standard InChI is InChI=1S/C13H13N5O/c1-8-11(9(2)19)12(10-3-5-14-6-4-10)18-13(17-8)15-7-16-18/h3-7,12H,1-2H3,(H,15,16,17)/t12-/m0/s1. The van der Waals surface area contributed by atoms with Gasteiger partial charge >= 0.3 is 0 Å². The van der Waals surface area contributed by atoms with Crippen LogP contribution >= 0.6 is 0 Å². The molecule has 1 aliphatic heterocycles. The maximum atomic E-state index is 11.9. The summed E-state index contributed by atoms with van der Waals surface area (Å²) in [7, 11) is 0. The molecule has 3 rings (SSSR count). The van der Waals surface area contributed by atoms with Gasteiger partial charge in [0, 0.05) is 23.7 Å². The average molecular weight is 255 g/mol. The van der Waals surface area contributed by atoms with Gasteiger partial charge in [0.1, 0.15) is 12.4 Å². The number of Topliss-reactive ketones (excluding diaryl/α,β-unsaturated/α-hetero) is 1. The lowest BCUT2D eigenvalue weighted by molar-refractivity contribution is -0.114. The van der Waals surface area contributed by atoms with Gasteiger partial charge in [-0.3, -0.25) is 9.78 Å². The fourth-order valence-electron chi connectivity index (χ4n) is 2.40. The van der Waals surface area contributed by atoms with E-state index in [1.807, 2.05) is 19.1 Å². The van der Waals surface area contributed by atoms with Crippen LogP contribution in [0.1, 0.15) is 25.5 Å². The number of hydrogen-bond acceptors (Lipinski definition) is 5. The molecule has 6 heteroatoms. The van der Waals surface area contributed by atoms with Crippen molar-refractivity contribution in [2.75, 3.05) is 5.32 Å². The van der Waals surface area contributed by atoms with Gasteiger partial charge in [0.05, 0.1) is 0 Å². The van der Waals surface area contributed by atoms with Crippen LogP contribution in [0.4, 0.5) is 5.95 Å². The van der Waals surface area contributed by atoms with E-state index in [1.54, 1.807) is 24.0 Å². The Morgan fingerprint density at radius 3 is 2.79 bits per heavy atom. The quantitative estimate of drug-likeness (QED) is 0.881. The first-order chi connectivity index (χ1) is 9.18. The summed E-state index contributed by atoms with van der Waals surface area (Å²) >= 11 is 0. The van der Waals surface area contributed by atoms with Crippen LogP contribution in [0.5, 0.6) is 0 Å². The summed E-state index contributed by atoms with van der Waals surface area (Å²) in [6.45, 7) is 3.44. The molecular formula is C13H13N5O. The lowest BCUT2D eigenvalue weighted by Gasteiger charge is -2.27. The topological polar surface area (TPSA) is 72.7 Å². The Labute approximate surface area is 110 Å². The van der Waals surface area contributed by atoms with E-state index in [-0.39, 0.29) is 11.8 Å². The van der Waals surface area contributed by atoms with Crippen molar-refractivity contribution in [3.05, 3.63) is 47.7 Å². The van der Waals surface area contributed by atoms with Crippen molar-refractivity contribution in [2.24, 2.45) is 0 Å². The maximum Gasteiger partial charge on any atom is 0.226 e. The third-order valence-corrected chi connectivity index (χ3v) is 3.20. The summed E-state index contributed by atoms with van der Waals surface area (Å²) in [6, 6.07) is 3.52. The van der Waals surface area contributed by atoms with Crippen molar-refractivity contribution in [3.8, 4) is 0 Å². The number of fused-ring (bicyclic) bond motifs is 1.